The Balaban J connectivity index is 1.18. The summed E-state index contributed by atoms with van der Waals surface area (Å²) in [6.07, 6.45) is 2.20. The van der Waals surface area contributed by atoms with Crippen LogP contribution in [0, 0.1) is 6.92 Å². The zero-order chi connectivity index (χ0) is 24.9. The van der Waals surface area contributed by atoms with Crippen LogP contribution in [0.1, 0.15) is 41.3 Å². The molecule has 0 amide bonds. The van der Waals surface area contributed by atoms with Crippen LogP contribution >= 0.6 is 0 Å². The summed E-state index contributed by atoms with van der Waals surface area (Å²) in [4.78, 5) is 18.4. The lowest BCUT2D eigenvalue weighted by atomic mass is 9.95. The monoisotopic (exact) mass is 483 g/mol. The van der Waals surface area contributed by atoms with E-state index in [9.17, 15) is 4.79 Å². The number of fused-ring (bicyclic) bond motifs is 1. The molecule has 0 atom stereocenters. The number of carboxylic acid groups (broad SMARTS) is 1. The van der Waals surface area contributed by atoms with E-state index < -0.39 is 5.97 Å². The Morgan fingerprint density at radius 3 is 2.39 bits per heavy atom. The molecule has 36 heavy (non-hydrogen) atoms. The van der Waals surface area contributed by atoms with Crippen molar-refractivity contribution in [2.24, 2.45) is 0 Å². The predicted molar refractivity (Wildman–Crippen MR) is 142 cm³/mol. The maximum absolute atomic E-state index is 10.8. The summed E-state index contributed by atoms with van der Waals surface area (Å²) < 4.78 is 8.32. The highest BCUT2D eigenvalue weighted by molar-refractivity contribution is 5.76. The number of carboxylic acids is 1. The van der Waals surface area contributed by atoms with Crippen LogP contribution in [-0.2, 0) is 17.8 Å². The highest BCUT2D eigenvalue weighted by atomic mass is 16.5. The van der Waals surface area contributed by atoms with Crippen molar-refractivity contribution in [3.05, 3.63) is 95.3 Å². The van der Waals surface area contributed by atoms with Gasteiger partial charge in [0.05, 0.1) is 17.5 Å². The molecule has 0 unspecified atom stereocenters. The van der Waals surface area contributed by atoms with E-state index in [1.54, 1.807) is 0 Å². The molecule has 1 N–H and O–H groups in total. The van der Waals surface area contributed by atoms with Crippen molar-refractivity contribution >= 4 is 17.0 Å². The summed E-state index contributed by atoms with van der Waals surface area (Å²) in [7, 11) is 0. The molecule has 3 aromatic carbocycles. The number of aliphatic carboxylic acids is 1. The first kappa shape index (κ1) is 24.1. The fraction of sp³-hybridized carbons (Fsp3) is 0.333. The van der Waals surface area contributed by atoms with Gasteiger partial charge in [0.15, 0.2) is 0 Å². The Hall–Kier alpha value is -3.64. The van der Waals surface area contributed by atoms with Gasteiger partial charge in [-0.3, -0.25) is 9.69 Å². The summed E-state index contributed by atoms with van der Waals surface area (Å²) in [6, 6.07) is 24.6. The number of hydrogen-bond donors (Lipinski definition) is 1. The molecular weight excluding hydrogens is 450 g/mol. The van der Waals surface area contributed by atoms with Gasteiger partial charge in [-0.15, -0.1) is 0 Å². The molecule has 1 saturated heterocycles. The first-order chi connectivity index (χ1) is 17.5. The zero-order valence-corrected chi connectivity index (χ0v) is 20.8. The molecule has 0 radical (unpaired) electrons. The molecular formula is C30H33N3O3. The van der Waals surface area contributed by atoms with Crippen LogP contribution in [0.3, 0.4) is 0 Å². The summed E-state index contributed by atoms with van der Waals surface area (Å²) in [6.45, 7) is 6.52. The van der Waals surface area contributed by atoms with Gasteiger partial charge in [0, 0.05) is 19.0 Å². The van der Waals surface area contributed by atoms with Crippen LogP contribution < -0.4 is 4.74 Å². The molecule has 0 spiro atoms. The fourth-order valence-electron chi connectivity index (χ4n) is 5.03. The highest BCUT2D eigenvalue weighted by Crippen LogP contribution is 2.31. The van der Waals surface area contributed by atoms with Crippen molar-refractivity contribution in [3.8, 4) is 5.75 Å². The number of carbonyl (C=O) groups is 1. The van der Waals surface area contributed by atoms with Gasteiger partial charge < -0.3 is 14.4 Å². The minimum absolute atomic E-state index is 0.0358. The smallest absolute Gasteiger partial charge is 0.307 e. The van der Waals surface area contributed by atoms with Gasteiger partial charge in [0.25, 0.3) is 0 Å². The number of piperidine rings is 1. The Labute approximate surface area is 212 Å². The number of likely N-dealkylation sites (tertiary alicyclic amines) is 1. The molecule has 6 heteroatoms. The predicted octanol–water partition coefficient (Wildman–Crippen LogP) is 5.28. The molecule has 0 saturated carbocycles. The van der Waals surface area contributed by atoms with E-state index in [0.717, 1.165) is 55.9 Å². The lowest BCUT2D eigenvalue weighted by Crippen LogP contribution is -2.36. The highest BCUT2D eigenvalue weighted by Gasteiger charge is 2.25. The standard InChI is InChI=1S/C30H33N3O3/c1-22-6-8-24(9-7-22)21-33-28-5-3-2-4-27(28)31-30(33)25-14-16-32(17-15-25)18-19-36-26-12-10-23(11-13-26)20-29(34)35/h2-13,25H,14-21H2,1H3,(H,34,35). The number of para-hydroxylation sites is 2. The van der Waals surface area contributed by atoms with Crippen LogP contribution in [0.4, 0.5) is 0 Å². The Morgan fingerprint density at radius 2 is 1.67 bits per heavy atom. The van der Waals surface area contributed by atoms with E-state index in [1.165, 1.54) is 22.5 Å². The Morgan fingerprint density at radius 1 is 0.972 bits per heavy atom. The molecule has 186 valence electrons. The van der Waals surface area contributed by atoms with Crippen LogP contribution in [0.5, 0.6) is 5.75 Å². The minimum atomic E-state index is -0.821. The zero-order valence-electron chi connectivity index (χ0n) is 20.8. The van der Waals surface area contributed by atoms with E-state index in [4.69, 9.17) is 14.8 Å². The van der Waals surface area contributed by atoms with E-state index in [-0.39, 0.29) is 6.42 Å². The quantitative estimate of drug-likeness (QED) is 0.351. The Bertz CT molecular complexity index is 1300. The summed E-state index contributed by atoms with van der Waals surface area (Å²) in [5.74, 6) is 1.61. The second kappa shape index (κ2) is 11.0. The van der Waals surface area contributed by atoms with E-state index in [2.05, 4.69) is 64.9 Å². The fourth-order valence-corrected chi connectivity index (χ4v) is 5.03. The van der Waals surface area contributed by atoms with Gasteiger partial charge >= 0.3 is 5.97 Å². The third kappa shape index (κ3) is 5.77. The molecule has 1 aliphatic rings. The van der Waals surface area contributed by atoms with Crippen molar-refractivity contribution in [3.63, 3.8) is 0 Å². The number of ether oxygens (including phenoxy) is 1. The van der Waals surface area contributed by atoms with Crippen LogP contribution in [0.25, 0.3) is 11.0 Å². The molecule has 1 aromatic heterocycles. The topological polar surface area (TPSA) is 67.6 Å². The largest absolute Gasteiger partial charge is 0.492 e. The number of aromatic nitrogens is 2. The van der Waals surface area contributed by atoms with Gasteiger partial charge in [-0.25, -0.2) is 4.98 Å². The van der Waals surface area contributed by atoms with Gasteiger partial charge in [-0.05, 0) is 68.2 Å². The molecule has 6 nitrogen and oxygen atoms in total. The molecule has 4 aromatic rings. The first-order valence-electron chi connectivity index (χ1n) is 12.7. The molecule has 0 aliphatic carbocycles. The normalized spacial score (nSPS) is 14.8. The third-order valence-electron chi connectivity index (χ3n) is 7.05. The van der Waals surface area contributed by atoms with Crippen molar-refractivity contribution in [2.75, 3.05) is 26.2 Å². The number of imidazole rings is 1. The second-order valence-electron chi connectivity index (χ2n) is 9.71. The summed E-state index contributed by atoms with van der Waals surface area (Å²) >= 11 is 0. The van der Waals surface area contributed by atoms with E-state index in [0.29, 0.717) is 12.5 Å². The number of nitrogens with zero attached hydrogens (tertiary/aromatic N) is 3. The van der Waals surface area contributed by atoms with Gasteiger partial charge in [-0.1, -0.05) is 54.1 Å². The van der Waals surface area contributed by atoms with Crippen LogP contribution in [-0.4, -0.2) is 51.8 Å². The maximum Gasteiger partial charge on any atom is 0.307 e. The summed E-state index contributed by atoms with van der Waals surface area (Å²) in [5.41, 5.74) is 5.64. The lowest BCUT2D eigenvalue weighted by molar-refractivity contribution is -0.136. The average molecular weight is 484 g/mol. The van der Waals surface area contributed by atoms with Crippen molar-refractivity contribution in [1.29, 1.82) is 0 Å². The van der Waals surface area contributed by atoms with E-state index in [1.807, 2.05) is 24.3 Å². The molecule has 2 heterocycles. The van der Waals surface area contributed by atoms with E-state index >= 15 is 0 Å². The van der Waals surface area contributed by atoms with Gasteiger partial charge in [0.1, 0.15) is 18.2 Å². The lowest BCUT2D eigenvalue weighted by Gasteiger charge is -2.31. The molecule has 5 rings (SSSR count). The molecule has 1 aliphatic heterocycles. The maximum atomic E-state index is 10.8. The minimum Gasteiger partial charge on any atom is -0.492 e. The van der Waals surface area contributed by atoms with Gasteiger partial charge in [-0.2, -0.15) is 0 Å². The van der Waals surface area contributed by atoms with Crippen molar-refractivity contribution in [2.45, 2.75) is 38.6 Å². The number of aryl methyl sites for hydroxylation is 1. The number of benzene rings is 3. The van der Waals surface area contributed by atoms with Crippen LogP contribution in [0.2, 0.25) is 0 Å². The van der Waals surface area contributed by atoms with Gasteiger partial charge in [0.2, 0.25) is 0 Å². The SMILES string of the molecule is Cc1ccc(Cn2c(C3CCN(CCOc4ccc(CC(=O)O)cc4)CC3)nc3ccccc32)cc1. The first-order valence-corrected chi connectivity index (χ1v) is 12.7. The number of rotatable bonds is 9. The number of hydrogen-bond acceptors (Lipinski definition) is 4. The van der Waals surface area contributed by atoms with Crippen LogP contribution in [0.15, 0.2) is 72.8 Å². The second-order valence-corrected chi connectivity index (χ2v) is 9.71. The van der Waals surface area contributed by atoms with Crippen molar-refractivity contribution in [1.82, 2.24) is 14.5 Å². The molecule has 0 bridgehead atoms. The molecule has 1 fully saturated rings. The summed E-state index contributed by atoms with van der Waals surface area (Å²) in [5, 5.41) is 8.90. The Kier molecular flexibility index (Phi) is 7.33. The average Bonchev–Trinajstić information content (AvgIpc) is 3.25. The third-order valence-corrected chi connectivity index (χ3v) is 7.05. The van der Waals surface area contributed by atoms with Crippen molar-refractivity contribution < 1.29 is 14.6 Å².